The first-order chi connectivity index (χ1) is 10.2. The standard InChI is InChI=1S/C15H18N4O2/c1-16-12-7-6-11(8-15(12)19(20)21)9-18-10-17-13-4-2-3-5-14(13)18/h6-8,10,16H,2-5,9H2,1H3. The van der Waals surface area contributed by atoms with E-state index in [4.69, 9.17) is 0 Å². The molecule has 1 aliphatic carbocycles. The van der Waals surface area contributed by atoms with Gasteiger partial charge in [-0.2, -0.15) is 0 Å². The maximum absolute atomic E-state index is 11.1. The van der Waals surface area contributed by atoms with E-state index >= 15 is 0 Å². The predicted molar refractivity (Wildman–Crippen MR) is 80.6 cm³/mol. The summed E-state index contributed by atoms with van der Waals surface area (Å²) in [7, 11) is 1.69. The third-order valence-electron chi connectivity index (χ3n) is 3.99. The number of hydrogen-bond acceptors (Lipinski definition) is 4. The van der Waals surface area contributed by atoms with Crippen LogP contribution in [0.5, 0.6) is 0 Å². The molecule has 0 bridgehead atoms. The largest absolute Gasteiger partial charge is 0.383 e. The molecule has 3 rings (SSSR count). The molecular weight excluding hydrogens is 268 g/mol. The molecule has 21 heavy (non-hydrogen) atoms. The molecule has 1 aliphatic rings. The SMILES string of the molecule is CNc1ccc(Cn2cnc3c2CCCC3)cc1[N+](=O)[O-]. The monoisotopic (exact) mass is 286 g/mol. The first-order valence-electron chi connectivity index (χ1n) is 7.17. The lowest BCUT2D eigenvalue weighted by atomic mass is 10.0. The highest BCUT2D eigenvalue weighted by atomic mass is 16.6. The molecule has 6 nitrogen and oxygen atoms in total. The second-order valence-corrected chi connectivity index (χ2v) is 5.33. The highest BCUT2D eigenvalue weighted by molar-refractivity contribution is 5.62. The fourth-order valence-corrected chi connectivity index (χ4v) is 2.90. The van der Waals surface area contributed by atoms with E-state index in [1.54, 1.807) is 19.2 Å². The summed E-state index contributed by atoms with van der Waals surface area (Å²) in [5.41, 5.74) is 4.04. The third-order valence-corrected chi connectivity index (χ3v) is 3.99. The van der Waals surface area contributed by atoms with E-state index in [1.165, 1.54) is 24.2 Å². The number of nitrogens with one attached hydrogen (secondary N) is 1. The average molecular weight is 286 g/mol. The Hall–Kier alpha value is -2.37. The van der Waals surface area contributed by atoms with Gasteiger partial charge in [-0.05, 0) is 37.3 Å². The van der Waals surface area contributed by atoms with Gasteiger partial charge in [-0.25, -0.2) is 4.98 Å². The normalized spacial score (nSPS) is 13.8. The van der Waals surface area contributed by atoms with Crippen LogP contribution in [0.25, 0.3) is 0 Å². The Labute approximate surface area is 123 Å². The number of hydrogen-bond donors (Lipinski definition) is 1. The number of rotatable bonds is 4. The predicted octanol–water partition coefficient (Wildman–Crippen LogP) is 2.76. The van der Waals surface area contributed by atoms with Crippen LogP contribution in [0.4, 0.5) is 11.4 Å². The molecule has 1 aromatic carbocycles. The Morgan fingerprint density at radius 3 is 2.95 bits per heavy atom. The molecule has 0 unspecified atom stereocenters. The lowest BCUT2D eigenvalue weighted by molar-refractivity contribution is -0.384. The smallest absolute Gasteiger partial charge is 0.292 e. The van der Waals surface area contributed by atoms with Crippen LogP contribution in [0.15, 0.2) is 24.5 Å². The van der Waals surface area contributed by atoms with Gasteiger partial charge in [-0.3, -0.25) is 10.1 Å². The summed E-state index contributed by atoms with van der Waals surface area (Å²) in [5.74, 6) is 0. The molecule has 0 radical (unpaired) electrons. The number of nitro groups is 1. The zero-order chi connectivity index (χ0) is 14.8. The minimum atomic E-state index is -0.349. The molecule has 0 spiro atoms. The average Bonchev–Trinajstić information content (AvgIpc) is 2.90. The second kappa shape index (κ2) is 5.55. The van der Waals surface area contributed by atoms with Crippen LogP contribution in [0.2, 0.25) is 0 Å². The first kappa shape index (κ1) is 13.6. The molecule has 110 valence electrons. The topological polar surface area (TPSA) is 73.0 Å². The summed E-state index contributed by atoms with van der Waals surface area (Å²) in [6, 6.07) is 5.33. The summed E-state index contributed by atoms with van der Waals surface area (Å²) >= 11 is 0. The number of imidazole rings is 1. The van der Waals surface area contributed by atoms with Crippen molar-refractivity contribution in [2.45, 2.75) is 32.2 Å². The van der Waals surface area contributed by atoms with Crippen LogP contribution in [0, 0.1) is 10.1 Å². The third kappa shape index (κ3) is 2.61. The number of anilines is 1. The fraction of sp³-hybridized carbons (Fsp3) is 0.400. The van der Waals surface area contributed by atoms with Crippen molar-refractivity contribution in [2.75, 3.05) is 12.4 Å². The lowest BCUT2D eigenvalue weighted by Gasteiger charge is -2.14. The van der Waals surface area contributed by atoms with Gasteiger partial charge >= 0.3 is 0 Å². The highest BCUT2D eigenvalue weighted by Gasteiger charge is 2.17. The van der Waals surface area contributed by atoms with E-state index in [0.717, 1.165) is 18.4 Å². The maximum Gasteiger partial charge on any atom is 0.292 e. The minimum absolute atomic E-state index is 0.115. The van der Waals surface area contributed by atoms with Crippen molar-refractivity contribution < 1.29 is 4.92 Å². The lowest BCUT2D eigenvalue weighted by Crippen LogP contribution is -2.09. The van der Waals surface area contributed by atoms with E-state index in [1.807, 2.05) is 12.4 Å². The van der Waals surface area contributed by atoms with Crippen molar-refractivity contribution in [3.8, 4) is 0 Å². The number of nitrogens with zero attached hydrogens (tertiary/aromatic N) is 3. The van der Waals surface area contributed by atoms with E-state index in [0.29, 0.717) is 12.2 Å². The summed E-state index contributed by atoms with van der Waals surface area (Å²) in [6.45, 7) is 0.632. The van der Waals surface area contributed by atoms with Gasteiger partial charge in [-0.15, -0.1) is 0 Å². The molecule has 0 atom stereocenters. The molecule has 0 fully saturated rings. The zero-order valence-electron chi connectivity index (χ0n) is 12.0. The molecule has 0 aliphatic heterocycles. The van der Waals surface area contributed by atoms with Crippen LogP contribution >= 0.6 is 0 Å². The summed E-state index contributed by atoms with van der Waals surface area (Å²) in [5, 5.41) is 14.0. The van der Waals surface area contributed by atoms with Gasteiger partial charge in [0.1, 0.15) is 5.69 Å². The number of aryl methyl sites for hydroxylation is 1. The number of aromatic nitrogens is 2. The van der Waals surface area contributed by atoms with Crippen molar-refractivity contribution >= 4 is 11.4 Å². The fourth-order valence-electron chi connectivity index (χ4n) is 2.90. The Bertz CT molecular complexity index is 678. The van der Waals surface area contributed by atoms with Crippen molar-refractivity contribution in [3.63, 3.8) is 0 Å². The van der Waals surface area contributed by atoms with Gasteiger partial charge in [0.25, 0.3) is 5.69 Å². The molecule has 0 saturated carbocycles. The van der Waals surface area contributed by atoms with Gasteiger partial charge in [0.05, 0.1) is 16.9 Å². The maximum atomic E-state index is 11.1. The van der Waals surface area contributed by atoms with E-state index in [2.05, 4.69) is 14.9 Å². The van der Waals surface area contributed by atoms with Crippen LogP contribution in [0.3, 0.4) is 0 Å². The number of fused-ring (bicyclic) bond motifs is 1. The summed E-state index contributed by atoms with van der Waals surface area (Å²) in [4.78, 5) is 15.2. The van der Waals surface area contributed by atoms with E-state index in [9.17, 15) is 10.1 Å². The Balaban J connectivity index is 1.90. The molecule has 2 aromatic rings. The van der Waals surface area contributed by atoms with Crippen LogP contribution in [-0.2, 0) is 19.4 Å². The quantitative estimate of drug-likeness (QED) is 0.693. The molecule has 1 aromatic heterocycles. The minimum Gasteiger partial charge on any atom is -0.383 e. The Kier molecular flexibility index (Phi) is 3.60. The molecule has 0 amide bonds. The van der Waals surface area contributed by atoms with Crippen molar-refractivity contribution in [1.29, 1.82) is 0 Å². The van der Waals surface area contributed by atoms with Gasteiger partial charge in [0.15, 0.2) is 0 Å². The van der Waals surface area contributed by atoms with Crippen molar-refractivity contribution in [1.82, 2.24) is 9.55 Å². The Morgan fingerprint density at radius 1 is 1.38 bits per heavy atom. The Morgan fingerprint density at radius 2 is 2.19 bits per heavy atom. The first-order valence-corrected chi connectivity index (χ1v) is 7.17. The summed E-state index contributed by atoms with van der Waals surface area (Å²) < 4.78 is 2.12. The van der Waals surface area contributed by atoms with E-state index in [-0.39, 0.29) is 10.6 Å². The van der Waals surface area contributed by atoms with Crippen LogP contribution in [-0.4, -0.2) is 21.5 Å². The van der Waals surface area contributed by atoms with Gasteiger partial charge in [0, 0.05) is 25.4 Å². The second-order valence-electron chi connectivity index (χ2n) is 5.33. The van der Waals surface area contributed by atoms with Gasteiger partial charge < -0.3 is 9.88 Å². The van der Waals surface area contributed by atoms with Gasteiger partial charge in [0.2, 0.25) is 0 Å². The highest BCUT2D eigenvalue weighted by Crippen LogP contribution is 2.26. The van der Waals surface area contributed by atoms with Gasteiger partial charge in [-0.1, -0.05) is 6.07 Å². The molecule has 1 heterocycles. The molecule has 1 N–H and O–H groups in total. The van der Waals surface area contributed by atoms with Crippen LogP contribution < -0.4 is 5.32 Å². The molecular formula is C15H18N4O2. The van der Waals surface area contributed by atoms with E-state index < -0.39 is 0 Å². The molecule has 0 saturated heterocycles. The van der Waals surface area contributed by atoms with Crippen LogP contribution in [0.1, 0.15) is 29.8 Å². The molecule has 6 heteroatoms. The van der Waals surface area contributed by atoms with Crippen molar-refractivity contribution in [2.24, 2.45) is 0 Å². The van der Waals surface area contributed by atoms with Crippen molar-refractivity contribution in [3.05, 3.63) is 51.6 Å². The number of nitro benzene ring substituents is 1. The number of benzene rings is 1. The zero-order valence-corrected chi connectivity index (χ0v) is 12.0. The summed E-state index contributed by atoms with van der Waals surface area (Å²) in [6.07, 6.45) is 6.34.